The summed E-state index contributed by atoms with van der Waals surface area (Å²) in [5.41, 5.74) is 0.744. The molecule has 0 atom stereocenters. The second-order valence-corrected chi connectivity index (χ2v) is 8.15. The maximum Gasteiger partial charge on any atom is 0.325 e. The molecule has 0 aromatic heterocycles. The third-order valence-corrected chi connectivity index (χ3v) is 5.88. The first kappa shape index (κ1) is 19.4. The fourth-order valence-electron chi connectivity index (χ4n) is 3.97. The highest BCUT2D eigenvalue weighted by Crippen LogP contribution is 2.35. The van der Waals surface area contributed by atoms with Gasteiger partial charge in [-0.3, -0.25) is 19.3 Å². The molecule has 3 aliphatic rings. The van der Waals surface area contributed by atoms with Crippen LogP contribution in [0.25, 0.3) is 0 Å². The van der Waals surface area contributed by atoms with E-state index in [1.54, 1.807) is 12.1 Å². The lowest BCUT2D eigenvalue weighted by Crippen LogP contribution is -2.44. The summed E-state index contributed by atoms with van der Waals surface area (Å²) >= 11 is 0. The number of imide groups is 1. The molecule has 4 rings (SSSR count). The van der Waals surface area contributed by atoms with Crippen molar-refractivity contribution in [1.82, 2.24) is 20.9 Å². The summed E-state index contributed by atoms with van der Waals surface area (Å²) in [6.07, 6.45) is 5.37. The molecule has 2 aliphatic carbocycles. The van der Waals surface area contributed by atoms with Crippen molar-refractivity contribution < 1.29 is 19.2 Å². The second-order valence-electron chi connectivity index (χ2n) is 8.15. The average molecular weight is 398 g/mol. The van der Waals surface area contributed by atoms with Crippen LogP contribution in [-0.4, -0.2) is 46.8 Å². The van der Waals surface area contributed by atoms with Gasteiger partial charge in [0.05, 0.1) is 0 Å². The Balaban J connectivity index is 1.22. The summed E-state index contributed by atoms with van der Waals surface area (Å²) in [6, 6.07) is 7.02. The number of carbonyl (C=O) groups is 4. The number of nitrogens with zero attached hydrogens (tertiary/aromatic N) is 1. The van der Waals surface area contributed by atoms with Crippen LogP contribution in [0.5, 0.6) is 0 Å². The number of urea groups is 1. The van der Waals surface area contributed by atoms with Gasteiger partial charge in [0, 0.05) is 31.1 Å². The quantitative estimate of drug-likeness (QED) is 0.604. The van der Waals surface area contributed by atoms with Crippen LogP contribution in [0.15, 0.2) is 24.3 Å². The molecule has 154 valence electrons. The first-order valence-electron chi connectivity index (χ1n) is 10.3. The van der Waals surface area contributed by atoms with Crippen LogP contribution in [0.2, 0.25) is 0 Å². The van der Waals surface area contributed by atoms with Gasteiger partial charge < -0.3 is 16.0 Å². The number of nitrogens with one attached hydrogen (secondary N) is 3. The van der Waals surface area contributed by atoms with Crippen molar-refractivity contribution >= 4 is 23.8 Å². The monoisotopic (exact) mass is 398 g/mol. The van der Waals surface area contributed by atoms with Crippen LogP contribution >= 0.6 is 0 Å². The number of amides is 5. The van der Waals surface area contributed by atoms with Crippen molar-refractivity contribution in [1.29, 1.82) is 0 Å². The van der Waals surface area contributed by atoms with E-state index in [0.29, 0.717) is 31.0 Å². The van der Waals surface area contributed by atoms with Crippen LogP contribution in [0.3, 0.4) is 0 Å². The summed E-state index contributed by atoms with van der Waals surface area (Å²) in [7, 11) is 0. The largest absolute Gasteiger partial charge is 0.352 e. The molecule has 0 unspecified atom stereocenters. The minimum Gasteiger partial charge on any atom is -0.352 e. The molecule has 1 saturated heterocycles. The van der Waals surface area contributed by atoms with E-state index in [-0.39, 0.29) is 30.7 Å². The van der Waals surface area contributed by atoms with Gasteiger partial charge in [0.15, 0.2) is 0 Å². The Morgan fingerprint density at radius 2 is 1.79 bits per heavy atom. The summed E-state index contributed by atoms with van der Waals surface area (Å²) < 4.78 is 0. The van der Waals surface area contributed by atoms with E-state index in [4.69, 9.17) is 0 Å². The molecule has 29 heavy (non-hydrogen) atoms. The first-order chi connectivity index (χ1) is 14.0. The van der Waals surface area contributed by atoms with Crippen LogP contribution in [-0.2, 0) is 16.1 Å². The molecule has 0 radical (unpaired) electrons. The highest BCUT2D eigenvalue weighted by molar-refractivity contribution is 6.07. The smallest absolute Gasteiger partial charge is 0.325 e. The zero-order valence-electron chi connectivity index (χ0n) is 16.3. The van der Waals surface area contributed by atoms with E-state index in [2.05, 4.69) is 16.0 Å². The Morgan fingerprint density at radius 1 is 1.10 bits per heavy atom. The number of hydrogen-bond acceptors (Lipinski definition) is 4. The van der Waals surface area contributed by atoms with Crippen LogP contribution in [0.1, 0.15) is 60.9 Å². The van der Waals surface area contributed by atoms with Crippen molar-refractivity contribution in [2.75, 3.05) is 6.54 Å². The fourth-order valence-corrected chi connectivity index (χ4v) is 3.97. The number of carbonyl (C=O) groups excluding carboxylic acids is 4. The molecule has 3 N–H and O–H groups in total. The van der Waals surface area contributed by atoms with Crippen molar-refractivity contribution in [2.24, 2.45) is 0 Å². The number of benzene rings is 1. The van der Waals surface area contributed by atoms with E-state index in [9.17, 15) is 19.2 Å². The zero-order chi connectivity index (χ0) is 20.4. The maximum absolute atomic E-state index is 12.6. The van der Waals surface area contributed by atoms with E-state index >= 15 is 0 Å². The minimum absolute atomic E-state index is 0.0666. The second kappa shape index (κ2) is 7.85. The molecule has 8 nitrogen and oxygen atoms in total. The molecule has 0 bridgehead atoms. The predicted molar refractivity (Wildman–Crippen MR) is 105 cm³/mol. The topological polar surface area (TPSA) is 108 Å². The molecule has 1 spiro atoms. The molecular weight excluding hydrogens is 372 g/mol. The third-order valence-electron chi connectivity index (χ3n) is 5.88. The van der Waals surface area contributed by atoms with Crippen molar-refractivity contribution in [3.63, 3.8) is 0 Å². The Hall–Kier alpha value is -2.90. The Kier molecular flexibility index (Phi) is 5.25. The van der Waals surface area contributed by atoms with Gasteiger partial charge in [-0.15, -0.1) is 0 Å². The van der Waals surface area contributed by atoms with Crippen molar-refractivity contribution in [2.45, 2.75) is 63.1 Å². The SMILES string of the molecule is O=C(CCN1C(=O)NC2(CCCC2)C1=O)NCc1ccc(C(=O)NC2CC2)cc1. The molecule has 1 heterocycles. The predicted octanol–water partition coefficient (Wildman–Crippen LogP) is 1.45. The van der Waals surface area contributed by atoms with E-state index < -0.39 is 11.6 Å². The minimum atomic E-state index is -0.735. The lowest BCUT2D eigenvalue weighted by molar-refractivity contribution is -0.131. The third kappa shape index (κ3) is 4.26. The highest BCUT2D eigenvalue weighted by Gasteiger charge is 2.52. The Labute approximate surface area is 169 Å². The van der Waals surface area contributed by atoms with Gasteiger partial charge in [0.1, 0.15) is 5.54 Å². The van der Waals surface area contributed by atoms with Gasteiger partial charge >= 0.3 is 6.03 Å². The first-order valence-corrected chi connectivity index (χ1v) is 10.3. The Bertz CT molecular complexity index is 826. The summed E-state index contributed by atoms with van der Waals surface area (Å²) in [5.74, 6) is -0.502. The normalized spacial score (nSPS) is 20.1. The van der Waals surface area contributed by atoms with E-state index in [1.807, 2.05) is 12.1 Å². The van der Waals surface area contributed by atoms with E-state index in [1.165, 1.54) is 0 Å². The number of rotatable bonds is 7. The highest BCUT2D eigenvalue weighted by atomic mass is 16.2. The molecular formula is C21H26N4O4. The molecule has 8 heteroatoms. The molecule has 3 fully saturated rings. The van der Waals surface area contributed by atoms with Crippen molar-refractivity contribution in [3.8, 4) is 0 Å². The molecule has 1 aromatic rings. The van der Waals surface area contributed by atoms with Crippen LogP contribution in [0.4, 0.5) is 4.79 Å². The van der Waals surface area contributed by atoms with Gasteiger partial charge in [0.2, 0.25) is 5.91 Å². The molecule has 2 saturated carbocycles. The van der Waals surface area contributed by atoms with Gasteiger partial charge in [-0.1, -0.05) is 25.0 Å². The van der Waals surface area contributed by atoms with Gasteiger partial charge in [-0.05, 0) is 43.4 Å². The summed E-state index contributed by atoms with van der Waals surface area (Å²) in [5, 5.41) is 8.54. The standard InChI is InChI=1S/C21H26N4O4/c26-17(9-12-25-19(28)21(24-20(25)29)10-1-2-11-21)22-13-14-3-5-15(6-4-14)18(27)23-16-7-8-16/h3-6,16H,1-2,7-13H2,(H,22,26)(H,23,27)(H,24,29). The van der Waals surface area contributed by atoms with Crippen LogP contribution < -0.4 is 16.0 Å². The molecule has 1 aliphatic heterocycles. The average Bonchev–Trinajstić information content (AvgIpc) is 3.34. The maximum atomic E-state index is 12.6. The molecule has 5 amide bonds. The van der Waals surface area contributed by atoms with Gasteiger partial charge in [-0.2, -0.15) is 0 Å². The Morgan fingerprint density at radius 3 is 2.45 bits per heavy atom. The molecule has 1 aromatic carbocycles. The van der Waals surface area contributed by atoms with Crippen molar-refractivity contribution in [3.05, 3.63) is 35.4 Å². The lowest BCUT2D eigenvalue weighted by atomic mass is 9.98. The van der Waals surface area contributed by atoms with Gasteiger partial charge in [-0.25, -0.2) is 4.79 Å². The van der Waals surface area contributed by atoms with E-state index in [0.717, 1.165) is 36.1 Å². The van der Waals surface area contributed by atoms with Crippen LogP contribution in [0, 0.1) is 0 Å². The fraction of sp³-hybridized carbons (Fsp3) is 0.524. The number of hydrogen-bond donors (Lipinski definition) is 3. The summed E-state index contributed by atoms with van der Waals surface area (Å²) in [4.78, 5) is 50.0. The zero-order valence-corrected chi connectivity index (χ0v) is 16.3. The van der Waals surface area contributed by atoms with Gasteiger partial charge in [0.25, 0.3) is 11.8 Å². The lowest BCUT2D eigenvalue weighted by Gasteiger charge is -2.19. The summed E-state index contributed by atoms with van der Waals surface area (Å²) in [6.45, 7) is 0.409.